The second kappa shape index (κ2) is 8.71. The van der Waals surface area contributed by atoms with Crippen LogP contribution in [0.25, 0.3) is 0 Å². The number of carbonyl (C=O) groups excluding carboxylic acids is 1. The molecule has 1 atom stereocenters. The van der Waals surface area contributed by atoms with Crippen LogP contribution < -0.4 is 5.32 Å². The number of amides is 1. The van der Waals surface area contributed by atoms with Gasteiger partial charge in [-0.25, -0.2) is 13.4 Å². The summed E-state index contributed by atoms with van der Waals surface area (Å²) >= 11 is 0. The largest absolute Gasteiger partial charge is 0.417 e. The molecule has 30 heavy (non-hydrogen) atoms. The normalized spacial score (nSPS) is 16.4. The number of hydrogen-bond acceptors (Lipinski definition) is 5. The lowest BCUT2D eigenvalue weighted by molar-refractivity contribution is -0.140. The highest BCUT2D eigenvalue weighted by atomic mass is 32.2. The van der Waals surface area contributed by atoms with Crippen molar-refractivity contribution in [3.05, 3.63) is 47.9 Å². The molecule has 0 bridgehead atoms. The fraction of sp³-hybridized carbons (Fsp3) is 0.450. The van der Waals surface area contributed by atoms with Crippen LogP contribution in [-0.2, 0) is 20.8 Å². The molecule has 2 aromatic rings. The summed E-state index contributed by atoms with van der Waals surface area (Å²) in [6.07, 6.45) is 4.26. The molecule has 1 N–H and O–H groups in total. The predicted molar refractivity (Wildman–Crippen MR) is 105 cm³/mol. The molecule has 0 saturated heterocycles. The Morgan fingerprint density at radius 2 is 1.93 bits per heavy atom. The summed E-state index contributed by atoms with van der Waals surface area (Å²) in [5, 5.41) is 2.61. The number of halogens is 3. The van der Waals surface area contributed by atoms with Gasteiger partial charge in [0.2, 0.25) is 5.91 Å². The first-order valence-electron chi connectivity index (χ1n) is 9.54. The third-order valence-corrected chi connectivity index (χ3v) is 6.44. The van der Waals surface area contributed by atoms with Gasteiger partial charge in [-0.2, -0.15) is 13.2 Å². The summed E-state index contributed by atoms with van der Waals surface area (Å²) in [4.78, 5) is 20.0. The molecular weight excluding hydrogens is 419 g/mol. The van der Waals surface area contributed by atoms with Crippen LogP contribution in [0, 0.1) is 5.92 Å². The monoisotopic (exact) mass is 441 g/mol. The van der Waals surface area contributed by atoms with Crippen molar-refractivity contribution in [1.29, 1.82) is 0 Å². The molecule has 0 unspecified atom stereocenters. The van der Waals surface area contributed by atoms with Crippen molar-refractivity contribution in [2.45, 2.75) is 49.1 Å². The number of nitrogens with one attached hydrogen (secondary N) is 1. The Morgan fingerprint density at radius 1 is 1.23 bits per heavy atom. The Kier molecular flexibility index (Phi) is 6.44. The summed E-state index contributed by atoms with van der Waals surface area (Å²) in [5.74, 6) is -0.957. The lowest BCUT2D eigenvalue weighted by Crippen LogP contribution is -2.24. The van der Waals surface area contributed by atoms with Crippen molar-refractivity contribution in [2.75, 3.05) is 11.6 Å². The molecule has 1 saturated carbocycles. The first-order valence-corrected chi connectivity index (χ1v) is 11.4. The number of benzene rings is 1. The number of rotatable bonds is 6. The number of hydrogen-bond donors (Lipinski definition) is 1. The van der Waals surface area contributed by atoms with Gasteiger partial charge in [0.05, 0.1) is 22.6 Å². The van der Waals surface area contributed by atoms with Gasteiger partial charge in [0, 0.05) is 18.6 Å². The number of sulfone groups is 1. The lowest BCUT2D eigenvalue weighted by atomic mass is 9.86. The fourth-order valence-corrected chi connectivity index (χ4v) is 4.75. The fourth-order valence-electron chi connectivity index (χ4n) is 3.86. The predicted octanol–water partition coefficient (Wildman–Crippen LogP) is 4.20. The maximum Gasteiger partial charge on any atom is 0.417 e. The summed E-state index contributed by atoms with van der Waals surface area (Å²) in [6.45, 7) is 0. The maximum atomic E-state index is 13.6. The van der Waals surface area contributed by atoms with Crippen LogP contribution in [0.1, 0.15) is 49.1 Å². The molecule has 1 aliphatic carbocycles. The molecule has 1 aliphatic rings. The molecule has 1 heterocycles. The van der Waals surface area contributed by atoms with E-state index < -0.39 is 38.3 Å². The summed E-state index contributed by atoms with van der Waals surface area (Å²) in [6, 6.07) is 3.01. The van der Waals surface area contributed by atoms with E-state index in [9.17, 15) is 26.4 Å². The van der Waals surface area contributed by atoms with E-state index >= 15 is 0 Å². The topological polar surface area (TPSA) is 89.0 Å². The van der Waals surface area contributed by atoms with Crippen LogP contribution in [0.4, 0.5) is 19.0 Å². The number of carbonyl (C=O) groups is 1. The Bertz CT molecular complexity index is 1000. The van der Waals surface area contributed by atoms with Gasteiger partial charge < -0.3 is 5.32 Å². The van der Waals surface area contributed by atoms with Gasteiger partial charge in [-0.05, 0) is 30.0 Å². The minimum atomic E-state index is -4.87. The highest BCUT2D eigenvalue weighted by molar-refractivity contribution is 7.90. The Balaban J connectivity index is 2.00. The first-order chi connectivity index (χ1) is 14.1. The average Bonchev–Trinajstić information content (AvgIpc) is 3.18. The summed E-state index contributed by atoms with van der Waals surface area (Å²) in [5.41, 5.74) is -1.13. The van der Waals surface area contributed by atoms with E-state index in [1.807, 2.05) is 0 Å². The van der Waals surface area contributed by atoms with Gasteiger partial charge in [-0.15, -0.1) is 0 Å². The van der Waals surface area contributed by atoms with Crippen molar-refractivity contribution in [3.8, 4) is 0 Å². The van der Waals surface area contributed by atoms with Crippen molar-refractivity contribution in [1.82, 2.24) is 9.97 Å². The lowest BCUT2D eigenvalue weighted by Gasteiger charge is -2.22. The third-order valence-electron chi connectivity index (χ3n) is 5.29. The molecule has 0 aliphatic heterocycles. The van der Waals surface area contributed by atoms with Crippen LogP contribution in [0.2, 0.25) is 0 Å². The maximum absolute atomic E-state index is 13.6. The summed E-state index contributed by atoms with van der Waals surface area (Å²) < 4.78 is 64.5. The van der Waals surface area contributed by atoms with Crippen LogP contribution >= 0.6 is 0 Å². The number of alkyl halides is 3. The standard InChI is InChI=1S/C20H22F3N3O3S/c1-30(28,29)17-7-6-14(11-16(17)20(21,22)23)15(10-13-4-2-3-5-13)19(27)26-18-12-24-8-9-25-18/h6-9,11-13,15H,2-5,10H2,1H3,(H,25,26,27)/t15-/m1/s1. The molecular formula is C20H22F3N3O3S. The van der Waals surface area contributed by atoms with Gasteiger partial charge in [-0.3, -0.25) is 9.78 Å². The highest BCUT2D eigenvalue weighted by Crippen LogP contribution is 2.39. The number of anilines is 1. The molecule has 0 radical (unpaired) electrons. The molecule has 1 aromatic carbocycles. The van der Waals surface area contributed by atoms with E-state index in [4.69, 9.17) is 0 Å². The zero-order chi connectivity index (χ0) is 21.9. The molecule has 162 valence electrons. The minimum absolute atomic E-state index is 0.128. The van der Waals surface area contributed by atoms with Gasteiger partial charge in [0.25, 0.3) is 0 Å². The Morgan fingerprint density at radius 3 is 2.50 bits per heavy atom. The first kappa shape index (κ1) is 22.2. The molecule has 6 nitrogen and oxygen atoms in total. The molecule has 1 fully saturated rings. The minimum Gasteiger partial charge on any atom is -0.309 e. The van der Waals surface area contributed by atoms with E-state index in [2.05, 4.69) is 15.3 Å². The molecule has 10 heteroatoms. The number of aromatic nitrogens is 2. The van der Waals surface area contributed by atoms with E-state index in [0.29, 0.717) is 6.42 Å². The van der Waals surface area contributed by atoms with Gasteiger partial charge in [0.1, 0.15) is 0 Å². The number of nitrogens with zero attached hydrogens (tertiary/aromatic N) is 2. The molecule has 3 rings (SSSR count). The zero-order valence-electron chi connectivity index (χ0n) is 16.3. The van der Waals surface area contributed by atoms with E-state index in [1.165, 1.54) is 24.7 Å². The van der Waals surface area contributed by atoms with Crippen LogP contribution in [0.3, 0.4) is 0 Å². The molecule has 1 amide bonds. The van der Waals surface area contributed by atoms with E-state index in [1.54, 1.807) is 0 Å². The van der Waals surface area contributed by atoms with Crippen LogP contribution in [0.15, 0.2) is 41.7 Å². The second-order valence-corrected chi connectivity index (χ2v) is 9.53. The summed E-state index contributed by atoms with van der Waals surface area (Å²) in [7, 11) is -4.09. The van der Waals surface area contributed by atoms with Crippen molar-refractivity contribution in [3.63, 3.8) is 0 Å². The van der Waals surface area contributed by atoms with Crippen LogP contribution in [0.5, 0.6) is 0 Å². The highest BCUT2D eigenvalue weighted by Gasteiger charge is 2.38. The van der Waals surface area contributed by atoms with Gasteiger partial charge in [0.15, 0.2) is 15.7 Å². The van der Waals surface area contributed by atoms with E-state index in [-0.39, 0.29) is 17.3 Å². The van der Waals surface area contributed by atoms with Crippen molar-refractivity contribution >= 4 is 21.6 Å². The van der Waals surface area contributed by atoms with Crippen molar-refractivity contribution in [2.24, 2.45) is 5.92 Å². The Hall–Kier alpha value is -2.49. The second-order valence-electron chi connectivity index (χ2n) is 7.54. The third kappa shape index (κ3) is 5.35. The van der Waals surface area contributed by atoms with Crippen LogP contribution in [-0.4, -0.2) is 30.5 Å². The van der Waals surface area contributed by atoms with Gasteiger partial charge in [-0.1, -0.05) is 31.7 Å². The quantitative estimate of drug-likeness (QED) is 0.726. The molecule has 0 spiro atoms. The Labute approximate surface area is 172 Å². The zero-order valence-corrected chi connectivity index (χ0v) is 17.1. The smallest absolute Gasteiger partial charge is 0.309 e. The van der Waals surface area contributed by atoms with Crippen molar-refractivity contribution < 1.29 is 26.4 Å². The van der Waals surface area contributed by atoms with Gasteiger partial charge >= 0.3 is 6.18 Å². The SMILES string of the molecule is CS(=O)(=O)c1ccc([C@@H](CC2CCCC2)C(=O)Nc2cnccn2)cc1C(F)(F)F. The average molecular weight is 441 g/mol. The molecule has 1 aromatic heterocycles. The van der Waals surface area contributed by atoms with E-state index in [0.717, 1.165) is 44.1 Å².